The number of nitrogens with zero attached hydrogens (tertiary/aromatic N) is 3. The Morgan fingerprint density at radius 1 is 0.518 bits per heavy atom. The maximum atomic E-state index is 13.9. The molecule has 18 nitrogen and oxygen atoms in total. The predicted octanol–water partition coefficient (Wildman–Crippen LogP) is 12.7. The fraction of sp³-hybridized carbons (Fsp3) is 0.375. The van der Waals surface area contributed by atoms with Crippen LogP contribution in [-0.2, 0) is 38.2 Å². The van der Waals surface area contributed by atoms with Crippen molar-refractivity contribution in [3.63, 3.8) is 0 Å². The van der Waals surface area contributed by atoms with E-state index in [-0.39, 0.29) is 28.7 Å². The van der Waals surface area contributed by atoms with Crippen LogP contribution in [0.1, 0.15) is 108 Å². The molecule has 0 bridgehead atoms. The van der Waals surface area contributed by atoms with Crippen molar-refractivity contribution in [1.82, 2.24) is 4.98 Å². The number of benzene rings is 5. The minimum Gasteiger partial charge on any atom is -0.494 e. The molecule has 1 aromatic heterocycles. The lowest BCUT2D eigenvalue weighted by Gasteiger charge is -2.26. The fourth-order valence-corrected chi connectivity index (χ4v) is 10.6. The highest BCUT2D eigenvalue weighted by atomic mass is 32.1. The van der Waals surface area contributed by atoms with Gasteiger partial charge in [-0.05, 0) is 198 Å². The average Bonchev–Trinajstić information content (AvgIpc) is 4.08. The van der Waals surface area contributed by atoms with Gasteiger partial charge in [0.05, 0.1) is 66.5 Å². The zero-order chi connectivity index (χ0) is 58.3. The fourth-order valence-electron chi connectivity index (χ4n) is 9.72. The number of thiazole rings is 1. The Labute approximate surface area is 485 Å². The standard InChI is InChI=1S/C64H69N3O15S/c1-3-58(68)77-37-13-7-5-11-35-75-50-27-31-52(32-28-50)79-60(70)43-17-19-45(20-18-43)62(72)81-54-26-25-47-41-56(49(39-48(47)40-54)42-65-67(74)64-66-55-15-9-10-16-57(55)83-64)82-63(73)46-23-21-44(22-24-46)61(71)80-53-33-29-51(30-34-53)76-36-12-6-8-14-38-78-59(69)4-2/h3-4,9-10,15-16,25-34,39-46,74H,1-2,5-8,11-14,17-24,35-38H2/b65-42+. The van der Waals surface area contributed by atoms with Gasteiger partial charge in [0.2, 0.25) is 5.13 Å². The minimum absolute atomic E-state index is 0.189. The quantitative estimate of drug-likeness (QED) is 0.0115. The van der Waals surface area contributed by atoms with Gasteiger partial charge in [-0.1, -0.05) is 42.7 Å². The average molecular weight is 1150 g/mol. The second-order valence-electron chi connectivity index (χ2n) is 20.4. The van der Waals surface area contributed by atoms with Gasteiger partial charge in [-0.15, -0.1) is 5.17 Å². The molecule has 0 aliphatic heterocycles. The normalized spacial score (nSPS) is 16.8. The Morgan fingerprint density at radius 3 is 1.43 bits per heavy atom. The van der Waals surface area contributed by atoms with Gasteiger partial charge < -0.3 is 37.9 Å². The van der Waals surface area contributed by atoms with E-state index in [4.69, 9.17) is 37.9 Å². The molecule has 0 saturated heterocycles. The number of hydrogen-bond donors (Lipinski definition) is 1. The molecule has 8 rings (SSSR count). The smallest absolute Gasteiger partial charge is 0.330 e. The van der Waals surface area contributed by atoms with Crippen molar-refractivity contribution in [2.75, 3.05) is 31.6 Å². The number of para-hydroxylation sites is 1. The molecule has 2 saturated carbocycles. The molecular weight excluding hydrogens is 1080 g/mol. The Hall–Kier alpha value is -8.42. The number of hydrogen-bond acceptors (Lipinski definition) is 19. The van der Waals surface area contributed by atoms with Crippen LogP contribution in [0.4, 0.5) is 5.13 Å². The second-order valence-corrected chi connectivity index (χ2v) is 21.4. The third kappa shape index (κ3) is 18.5. The summed E-state index contributed by atoms with van der Waals surface area (Å²) in [4.78, 5) is 80.6. The number of rotatable bonds is 29. The number of aromatic nitrogens is 1. The van der Waals surface area contributed by atoms with Crippen molar-refractivity contribution in [3.8, 4) is 34.5 Å². The van der Waals surface area contributed by atoms with Gasteiger partial charge >= 0.3 is 35.8 Å². The van der Waals surface area contributed by atoms with E-state index >= 15 is 0 Å². The number of ether oxygens (including phenoxy) is 8. The van der Waals surface area contributed by atoms with Crippen molar-refractivity contribution >= 4 is 79.5 Å². The number of carbonyl (C=O) groups excluding carboxylic acids is 6. The van der Waals surface area contributed by atoms with Crippen LogP contribution >= 0.6 is 11.3 Å². The second kappa shape index (κ2) is 31.1. The van der Waals surface area contributed by atoms with Gasteiger partial charge in [0, 0.05) is 17.7 Å². The van der Waals surface area contributed by atoms with Crippen molar-refractivity contribution in [2.24, 2.45) is 28.8 Å². The van der Waals surface area contributed by atoms with Crippen LogP contribution < -0.4 is 33.6 Å². The first kappa shape index (κ1) is 60.7. The summed E-state index contributed by atoms with van der Waals surface area (Å²) in [6.07, 6.45) is 14.0. The van der Waals surface area contributed by atoms with Crippen LogP contribution in [0, 0.1) is 23.7 Å². The number of fused-ring (bicyclic) bond motifs is 2. The first-order valence-corrected chi connectivity index (χ1v) is 29.1. The molecule has 2 aliphatic carbocycles. The van der Waals surface area contributed by atoms with Crippen LogP contribution in [0.3, 0.4) is 0 Å². The summed E-state index contributed by atoms with van der Waals surface area (Å²) in [5.41, 5.74) is 1.04. The third-order valence-corrected chi connectivity index (χ3v) is 15.4. The number of anilines is 1. The van der Waals surface area contributed by atoms with Crippen LogP contribution in [0.2, 0.25) is 0 Å². The van der Waals surface area contributed by atoms with Crippen molar-refractivity contribution < 1.29 is 71.9 Å². The molecule has 1 N–H and O–H groups in total. The predicted molar refractivity (Wildman–Crippen MR) is 312 cm³/mol. The lowest BCUT2D eigenvalue weighted by atomic mass is 9.82. The summed E-state index contributed by atoms with van der Waals surface area (Å²) in [6, 6.07) is 29.8. The molecule has 83 heavy (non-hydrogen) atoms. The largest absolute Gasteiger partial charge is 0.494 e. The van der Waals surface area contributed by atoms with E-state index in [0.29, 0.717) is 134 Å². The van der Waals surface area contributed by atoms with E-state index in [1.165, 1.54) is 17.6 Å². The zero-order valence-electron chi connectivity index (χ0n) is 46.3. The SMILES string of the molecule is C=CC(=O)OCCCCCCOc1ccc(OC(=O)C2CCC(C(=O)Oc3ccc4cc(OC(=O)C5CCC(C(=O)Oc6ccc(OCCCCCCOC(=O)C=C)cc6)CC5)c(/C=N/N(O)c5nc6ccccc6s5)cc4c3)CC2)cc1. The van der Waals surface area contributed by atoms with E-state index in [0.717, 1.165) is 68.2 Å². The summed E-state index contributed by atoms with van der Waals surface area (Å²) in [6.45, 7) is 8.56. The number of unbranched alkanes of at least 4 members (excludes halogenated alkanes) is 6. The molecule has 436 valence electrons. The molecule has 19 heteroatoms. The maximum absolute atomic E-state index is 13.9. The lowest BCUT2D eigenvalue weighted by molar-refractivity contribution is -0.145. The molecule has 6 aromatic rings. The molecule has 0 spiro atoms. The Morgan fingerprint density at radius 2 is 0.952 bits per heavy atom. The highest BCUT2D eigenvalue weighted by Gasteiger charge is 2.34. The van der Waals surface area contributed by atoms with Crippen molar-refractivity contribution in [3.05, 3.63) is 134 Å². The summed E-state index contributed by atoms with van der Waals surface area (Å²) in [5.74, 6) is -1.53. The third-order valence-electron chi connectivity index (χ3n) is 14.4. The molecule has 0 unspecified atom stereocenters. The Kier molecular flexibility index (Phi) is 22.8. The minimum atomic E-state index is -0.494. The van der Waals surface area contributed by atoms with Crippen LogP contribution in [-0.4, -0.2) is 78.6 Å². The van der Waals surface area contributed by atoms with Crippen LogP contribution in [0.25, 0.3) is 21.0 Å². The monoisotopic (exact) mass is 1150 g/mol. The number of esters is 6. The highest BCUT2D eigenvalue weighted by Crippen LogP contribution is 2.36. The molecular formula is C64H69N3O15S. The Balaban J connectivity index is 0.813. The topological polar surface area (TPSA) is 225 Å². The summed E-state index contributed by atoms with van der Waals surface area (Å²) in [5, 5.41) is 17.5. The first-order chi connectivity index (χ1) is 40.4. The van der Waals surface area contributed by atoms with E-state index in [1.54, 1.807) is 78.9 Å². The molecule has 2 aliphatic rings. The highest BCUT2D eigenvalue weighted by molar-refractivity contribution is 7.22. The van der Waals surface area contributed by atoms with Crippen LogP contribution in [0.5, 0.6) is 34.5 Å². The van der Waals surface area contributed by atoms with E-state index in [1.807, 2.05) is 24.3 Å². The van der Waals surface area contributed by atoms with Gasteiger partial charge in [0.15, 0.2) is 0 Å². The van der Waals surface area contributed by atoms with Gasteiger partial charge in [-0.3, -0.25) is 24.4 Å². The van der Waals surface area contributed by atoms with Crippen molar-refractivity contribution in [2.45, 2.75) is 103 Å². The summed E-state index contributed by atoms with van der Waals surface area (Å²) < 4.78 is 45.9. The van der Waals surface area contributed by atoms with Gasteiger partial charge in [-0.25, -0.2) is 14.6 Å². The molecule has 0 radical (unpaired) electrons. The molecule has 0 amide bonds. The van der Waals surface area contributed by atoms with E-state index in [9.17, 15) is 34.0 Å². The molecule has 1 heterocycles. The Bertz CT molecular complexity index is 3180. The van der Waals surface area contributed by atoms with Gasteiger partial charge in [0.1, 0.15) is 34.5 Å². The van der Waals surface area contributed by atoms with E-state index < -0.39 is 41.6 Å². The van der Waals surface area contributed by atoms with Crippen LogP contribution in [0.15, 0.2) is 134 Å². The lowest BCUT2D eigenvalue weighted by Crippen LogP contribution is -2.30. The van der Waals surface area contributed by atoms with E-state index in [2.05, 4.69) is 23.2 Å². The molecule has 2 fully saturated rings. The van der Waals surface area contributed by atoms with Gasteiger partial charge in [-0.2, -0.15) is 5.10 Å². The number of carbonyl (C=O) groups is 6. The molecule has 0 atom stereocenters. The maximum Gasteiger partial charge on any atom is 0.330 e. The summed E-state index contributed by atoms with van der Waals surface area (Å²) >= 11 is 1.24. The molecule has 5 aromatic carbocycles. The zero-order valence-corrected chi connectivity index (χ0v) is 47.1. The number of hydrazone groups is 1. The first-order valence-electron chi connectivity index (χ1n) is 28.3. The summed E-state index contributed by atoms with van der Waals surface area (Å²) in [7, 11) is 0. The van der Waals surface area contributed by atoms with Crippen molar-refractivity contribution in [1.29, 1.82) is 0 Å². The van der Waals surface area contributed by atoms with Gasteiger partial charge in [0.25, 0.3) is 0 Å².